The van der Waals surface area contributed by atoms with Crippen molar-refractivity contribution in [1.29, 1.82) is 0 Å². The number of aryl methyl sites for hydroxylation is 1. The molecule has 0 radical (unpaired) electrons. The Morgan fingerprint density at radius 2 is 2.05 bits per heavy atom. The lowest BCUT2D eigenvalue weighted by atomic mass is 9.98. The highest BCUT2D eigenvalue weighted by Gasteiger charge is 2.23. The molecule has 2 rings (SSSR count). The van der Waals surface area contributed by atoms with Crippen LogP contribution in [0.2, 0.25) is 0 Å². The molecule has 1 aliphatic heterocycles. The first-order valence-electron chi connectivity index (χ1n) is 7.78. The van der Waals surface area contributed by atoms with Crippen LogP contribution >= 0.6 is 0 Å². The Balaban J connectivity index is 1.93. The minimum absolute atomic E-state index is 0.0484. The molecule has 3 heteroatoms. The lowest BCUT2D eigenvalue weighted by molar-refractivity contribution is 0.0664. The van der Waals surface area contributed by atoms with Gasteiger partial charge in [0.2, 0.25) is 0 Å². The molecule has 0 aliphatic carbocycles. The smallest absolute Gasteiger partial charge is 0.0702 e. The molecule has 0 aromatic heterocycles. The van der Waals surface area contributed by atoms with Crippen molar-refractivity contribution in [2.45, 2.75) is 51.3 Å². The largest absolute Gasteiger partial charge is 0.377 e. The van der Waals surface area contributed by atoms with Gasteiger partial charge in [-0.1, -0.05) is 31.2 Å². The Labute approximate surface area is 123 Å². The van der Waals surface area contributed by atoms with E-state index in [4.69, 9.17) is 10.5 Å². The van der Waals surface area contributed by atoms with Gasteiger partial charge in [-0.15, -0.1) is 0 Å². The van der Waals surface area contributed by atoms with Crippen LogP contribution in [0.3, 0.4) is 0 Å². The van der Waals surface area contributed by atoms with Gasteiger partial charge in [-0.3, -0.25) is 4.90 Å². The molecule has 3 nitrogen and oxygen atoms in total. The molecule has 0 spiro atoms. The number of hydrogen-bond donors (Lipinski definition) is 1. The molecule has 1 aliphatic rings. The lowest BCUT2D eigenvalue weighted by Gasteiger charge is -2.31. The highest BCUT2D eigenvalue weighted by Crippen LogP contribution is 2.21. The van der Waals surface area contributed by atoms with E-state index in [0.29, 0.717) is 12.1 Å². The Morgan fingerprint density at radius 3 is 2.60 bits per heavy atom. The minimum Gasteiger partial charge on any atom is -0.377 e. The predicted octanol–water partition coefficient (Wildman–Crippen LogP) is 2.75. The van der Waals surface area contributed by atoms with Crippen molar-refractivity contribution in [3.05, 3.63) is 35.4 Å². The van der Waals surface area contributed by atoms with Gasteiger partial charge in [0, 0.05) is 25.2 Å². The van der Waals surface area contributed by atoms with Crippen LogP contribution in [0.15, 0.2) is 24.3 Å². The van der Waals surface area contributed by atoms with E-state index in [1.807, 2.05) is 0 Å². The fraction of sp³-hybridized carbons (Fsp3) is 0.647. The van der Waals surface area contributed by atoms with E-state index in [1.54, 1.807) is 0 Å². The van der Waals surface area contributed by atoms with Crippen LogP contribution in [0.4, 0.5) is 0 Å². The molecule has 112 valence electrons. The summed E-state index contributed by atoms with van der Waals surface area (Å²) in [5, 5.41) is 0. The third kappa shape index (κ3) is 3.81. The molecular formula is C17H28N2O. The van der Waals surface area contributed by atoms with Crippen LogP contribution in [-0.4, -0.2) is 37.2 Å². The molecule has 1 fully saturated rings. The quantitative estimate of drug-likeness (QED) is 0.868. The van der Waals surface area contributed by atoms with Gasteiger partial charge < -0.3 is 10.5 Å². The van der Waals surface area contributed by atoms with Crippen molar-refractivity contribution in [1.82, 2.24) is 4.90 Å². The van der Waals surface area contributed by atoms with Gasteiger partial charge in [-0.05, 0) is 44.4 Å². The molecule has 3 unspecified atom stereocenters. The molecule has 1 aromatic carbocycles. The third-order valence-electron chi connectivity index (χ3n) is 4.50. The zero-order valence-electron chi connectivity index (χ0n) is 13.0. The fourth-order valence-corrected chi connectivity index (χ4v) is 2.80. The predicted molar refractivity (Wildman–Crippen MR) is 83.8 cm³/mol. The highest BCUT2D eigenvalue weighted by atomic mass is 16.5. The van der Waals surface area contributed by atoms with Crippen molar-refractivity contribution >= 4 is 0 Å². The fourth-order valence-electron chi connectivity index (χ4n) is 2.80. The molecule has 2 N–H and O–H groups in total. The molecule has 20 heavy (non-hydrogen) atoms. The van der Waals surface area contributed by atoms with Crippen molar-refractivity contribution in [3.8, 4) is 0 Å². The van der Waals surface area contributed by atoms with E-state index >= 15 is 0 Å². The lowest BCUT2D eigenvalue weighted by Crippen LogP contribution is -2.42. The Kier molecular flexibility index (Phi) is 5.58. The van der Waals surface area contributed by atoms with Crippen LogP contribution in [0.5, 0.6) is 0 Å². The molecular weight excluding hydrogens is 248 g/mol. The van der Waals surface area contributed by atoms with Gasteiger partial charge in [0.05, 0.1) is 6.10 Å². The molecule has 3 atom stereocenters. The Bertz CT molecular complexity index is 398. The van der Waals surface area contributed by atoms with E-state index < -0.39 is 0 Å². The van der Waals surface area contributed by atoms with Crippen LogP contribution in [-0.2, 0) is 11.2 Å². The average molecular weight is 276 g/mol. The summed E-state index contributed by atoms with van der Waals surface area (Å²) >= 11 is 0. The summed E-state index contributed by atoms with van der Waals surface area (Å²) in [4.78, 5) is 2.33. The van der Waals surface area contributed by atoms with E-state index in [9.17, 15) is 0 Å². The molecule has 0 amide bonds. The van der Waals surface area contributed by atoms with Crippen LogP contribution < -0.4 is 5.73 Å². The number of benzene rings is 1. The van der Waals surface area contributed by atoms with E-state index in [1.165, 1.54) is 24.0 Å². The number of nitrogens with two attached hydrogens (primary N) is 1. The standard InChI is InChI=1S/C17H28N2O/c1-4-14-7-9-15(10-8-14)17(18)13(2)19(3)12-16-6-5-11-20-16/h7-10,13,16-17H,4-6,11-12,18H2,1-3H3. The van der Waals surface area contributed by atoms with Crippen molar-refractivity contribution < 1.29 is 4.74 Å². The number of rotatable bonds is 6. The molecule has 0 saturated carbocycles. The van der Waals surface area contributed by atoms with Crippen LogP contribution in [0.1, 0.15) is 43.9 Å². The minimum atomic E-state index is 0.0484. The second-order valence-electron chi connectivity index (χ2n) is 5.94. The zero-order valence-corrected chi connectivity index (χ0v) is 13.0. The van der Waals surface area contributed by atoms with Gasteiger partial charge in [0.1, 0.15) is 0 Å². The number of hydrogen-bond acceptors (Lipinski definition) is 3. The van der Waals surface area contributed by atoms with E-state index in [0.717, 1.165) is 19.6 Å². The van der Waals surface area contributed by atoms with Crippen molar-refractivity contribution in [3.63, 3.8) is 0 Å². The van der Waals surface area contributed by atoms with Gasteiger partial charge in [-0.2, -0.15) is 0 Å². The monoisotopic (exact) mass is 276 g/mol. The number of ether oxygens (including phenoxy) is 1. The van der Waals surface area contributed by atoms with Gasteiger partial charge >= 0.3 is 0 Å². The molecule has 1 heterocycles. The number of nitrogens with zero attached hydrogens (tertiary/aromatic N) is 1. The molecule has 1 saturated heterocycles. The summed E-state index contributed by atoms with van der Waals surface area (Å²) in [7, 11) is 2.15. The van der Waals surface area contributed by atoms with E-state index in [2.05, 4.69) is 50.1 Å². The number of likely N-dealkylation sites (N-methyl/N-ethyl adjacent to an activating group) is 1. The maximum Gasteiger partial charge on any atom is 0.0702 e. The highest BCUT2D eigenvalue weighted by molar-refractivity contribution is 5.25. The van der Waals surface area contributed by atoms with Crippen LogP contribution in [0, 0.1) is 0 Å². The van der Waals surface area contributed by atoms with Crippen molar-refractivity contribution in [2.24, 2.45) is 5.73 Å². The topological polar surface area (TPSA) is 38.5 Å². The summed E-state index contributed by atoms with van der Waals surface area (Å²) in [6.45, 7) is 6.26. The first kappa shape index (κ1) is 15.5. The Morgan fingerprint density at radius 1 is 1.35 bits per heavy atom. The maximum absolute atomic E-state index is 6.42. The van der Waals surface area contributed by atoms with Gasteiger partial charge in [0.15, 0.2) is 0 Å². The summed E-state index contributed by atoms with van der Waals surface area (Å²) in [6, 6.07) is 9.06. The summed E-state index contributed by atoms with van der Waals surface area (Å²) in [6.07, 6.45) is 3.83. The van der Waals surface area contributed by atoms with Crippen LogP contribution in [0.25, 0.3) is 0 Å². The van der Waals surface area contributed by atoms with E-state index in [-0.39, 0.29) is 6.04 Å². The first-order chi connectivity index (χ1) is 9.61. The SMILES string of the molecule is CCc1ccc(C(N)C(C)N(C)CC2CCCO2)cc1. The second-order valence-corrected chi connectivity index (χ2v) is 5.94. The maximum atomic E-state index is 6.42. The van der Waals surface area contributed by atoms with Crippen molar-refractivity contribution in [2.75, 3.05) is 20.2 Å². The Hall–Kier alpha value is -0.900. The summed E-state index contributed by atoms with van der Waals surface area (Å²) in [5.74, 6) is 0. The summed E-state index contributed by atoms with van der Waals surface area (Å²) < 4.78 is 5.71. The molecule has 0 bridgehead atoms. The zero-order chi connectivity index (χ0) is 14.5. The van der Waals surface area contributed by atoms with Gasteiger partial charge in [0.25, 0.3) is 0 Å². The van der Waals surface area contributed by atoms with Gasteiger partial charge in [-0.25, -0.2) is 0 Å². The third-order valence-corrected chi connectivity index (χ3v) is 4.50. The average Bonchev–Trinajstić information content (AvgIpc) is 2.98. The second kappa shape index (κ2) is 7.21. The molecule has 1 aromatic rings. The first-order valence-corrected chi connectivity index (χ1v) is 7.78. The normalized spacial score (nSPS) is 22.1. The summed E-state index contributed by atoms with van der Waals surface area (Å²) in [5.41, 5.74) is 9.00.